The van der Waals surface area contributed by atoms with E-state index in [0.717, 1.165) is 11.3 Å². The van der Waals surface area contributed by atoms with Crippen molar-refractivity contribution in [3.63, 3.8) is 0 Å². The summed E-state index contributed by atoms with van der Waals surface area (Å²) < 4.78 is 20.1. The van der Waals surface area contributed by atoms with E-state index >= 15 is 0 Å². The standard InChI is InChI=1S/C13H11FN4O2S/c1-2-7-20-12(19)10-15-16-13-18(10)17-11(21-13)8-5-3-4-6-9(8)14/h3-6H,2,7H2,1H3. The summed E-state index contributed by atoms with van der Waals surface area (Å²) in [5, 5.41) is 12.3. The smallest absolute Gasteiger partial charge is 0.378 e. The molecule has 0 saturated carbocycles. The van der Waals surface area contributed by atoms with Crippen LogP contribution in [0.1, 0.15) is 24.0 Å². The number of hydrogen-bond donors (Lipinski definition) is 0. The van der Waals surface area contributed by atoms with Crippen LogP contribution in [0.25, 0.3) is 15.5 Å². The van der Waals surface area contributed by atoms with Gasteiger partial charge in [0.15, 0.2) is 5.01 Å². The summed E-state index contributed by atoms with van der Waals surface area (Å²) in [4.78, 5) is 12.2. The van der Waals surface area contributed by atoms with E-state index in [4.69, 9.17) is 4.74 Å². The number of hydrogen-bond acceptors (Lipinski definition) is 6. The monoisotopic (exact) mass is 306 g/mol. The zero-order valence-electron chi connectivity index (χ0n) is 11.1. The minimum atomic E-state index is -0.588. The molecule has 6 nitrogen and oxygen atoms in total. The van der Waals surface area contributed by atoms with Crippen LogP contribution in [-0.2, 0) is 4.74 Å². The van der Waals surface area contributed by atoms with Crippen LogP contribution in [0.3, 0.4) is 0 Å². The summed E-state index contributed by atoms with van der Waals surface area (Å²) >= 11 is 1.16. The number of fused-ring (bicyclic) bond motifs is 1. The first-order valence-corrected chi connectivity index (χ1v) is 7.16. The molecule has 3 aromatic rings. The maximum atomic E-state index is 13.8. The summed E-state index contributed by atoms with van der Waals surface area (Å²) in [6.07, 6.45) is 0.714. The molecule has 0 bridgehead atoms. The molecule has 0 N–H and O–H groups in total. The number of nitrogens with zero attached hydrogens (tertiary/aromatic N) is 4. The Bertz CT molecular complexity index is 798. The molecule has 108 valence electrons. The topological polar surface area (TPSA) is 69.4 Å². The van der Waals surface area contributed by atoms with Crippen molar-refractivity contribution in [2.24, 2.45) is 0 Å². The molecule has 0 aliphatic heterocycles. The zero-order valence-corrected chi connectivity index (χ0v) is 11.9. The van der Waals surface area contributed by atoms with Crippen molar-refractivity contribution in [3.05, 3.63) is 35.9 Å². The van der Waals surface area contributed by atoms with E-state index in [1.807, 2.05) is 6.92 Å². The maximum Gasteiger partial charge on any atom is 0.378 e. The molecule has 0 unspecified atom stereocenters. The van der Waals surface area contributed by atoms with Gasteiger partial charge < -0.3 is 4.74 Å². The van der Waals surface area contributed by atoms with Crippen molar-refractivity contribution in [3.8, 4) is 10.6 Å². The van der Waals surface area contributed by atoms with Gasteiger partial charge in [-0.1, -0.05) is 30.4 Å². The van der Waals surface area contributed by atoms with E-state index in [1.165, 1.54) is 10.6 Å². The Kier molecular flexibility index (Phi) is 3.61. The van der Waals surface area contributed by atoms with Crippen molar-refractivity contribution in [2.75, 3.05) is 6.61 Å². The number of carbonyl (C=O) groups is 1. The second-order valence-corrected chi connectivity index (χ2v) is 5.20. The normalized spacial score (nSPS) is 11.0. The summed E-state index contributed by atoms with van der Waals surface area (Å²) in [6.45, 7) is 2.20. The van der Waals surface area contributed by atoms with Crippen LogP contribution in [0.2, 0.25) is 0 Å². The van der Waals surface area contributed by atoms with Gasteiger partial charge in [-0.05, 0) is 18.6 Å². The summed E-state index contributed by atoms with van der Waals surface area (Å²) in [5.74, 6) is -0.968. The average molecular weight is 306 g/mol. The average Bonchev–Trinajstić information content (AvgIpc) is 3.05. The maximum absolute atomic E-state index is 13.8. The third kappa shape index (κ3) is 2.49. The number of rotatable bonds is 4. The second kappa shape index (κ2) is 5.57. The Balaban J connectivity index is 2.00. The molecule has 0 aliphatic carbocycles. The first kappa shape index (κ1) is 13.6. The van der Waals surface area contributed by atoms with Gasteiger partial charge in [-0.15, -0.1) is 10.2 Å². The Morgan fingerprint density at radius 2 is 2.19 bits per heavy atom. The van der Waals surface area contributed by atoms with Gasteiger partial charge in [-0.2, -0.15) is 9.61 Å². The molecule has 1 aromatic carbocycles. The minimum Gasteiger partial charge on any atom is -0.460 e. The van der Waals surface area contributed by atoms with Crippen LogP contribution in [0.4, 0.5) is 4.39 Å². The highest BCUT2D eigenvalue weighted by Gasteiger charge is 2.20. The summed E-state index contributed by atoms with van der Waals surface area (Å²) in [6, 6.07) is 6.30. The third-order valence-electron chi connectivity index (χ3n) is 2.71. The van der Waals surface area contributed by atoms with Crippen LogP contribution >= 0.6 is 11.3 Å². The predicted molar refractivity (Wildman–Crippen MR) is 74.6 cm³/mol. The predicted octanol–water partition coefficient (Wildman–Crippen LogP) is 2.56. The molecule has 3 rings (SSSR count). The first-order chi connectivity index (χ1) is 10.2. The Hall–Kier alpha value is -2.35. The van der Waals surface area contributed by atoms with Gasteiger partial charge in [0.05, 0.1) is 6.61 Å². The lowest BCUT2D eigenvalue weighted by atomic mass is 10.2. The fraction of sp³-hybridized carbons (Fsp3) is 0.231. The SMILES string of the molecule is CCCOC(=O)c1nnc2sc(-c3ccccc3F)nn12. The molecule has 21 heavy (non-hydrogen) atoms. The molecule has 2 aromatic heterocycles. The number of aromatic nitrogens is 4. The van der Waals surface area contributed by atoms with Gasteiger partial charge >= 0.3 is 5.97 Å². The third-order valence-corrected chi connectivity index (χ3v) is 3.65. The van der Waals surface area contributed by atoms with Crippen molar-refractivity contribution >= 4 is 22.3 Å². The second-order valence-electron chi connectivity index (χ2n) is 4.24. The van der Waals surface area contributed by atoms with Gasteiger partial charge in [-0.3, -0.25) is 0 Å². The molecule has 0 amide bonds. The minimum absolute atomic E-state index is 0.00251. The lowest BCUT2D eigenvalue weighted by Crippen LogP contribution is -2.11. The molecule has 0 aliphatic rings. The van der Waals surface area contributed by atoms with Crippen molar-refractivity contribution in [1.29, 1.82) is 0 Å². The number of benzene rings is 1. The number of halogens is 1. The van der Waals surface area contributed by atoms with Crippen molar-refractivity contribution in [1.82, 2.24) is 19.8 Å². The van der Waals surface area contributed by atoms with Gasteiger partial charge in [0.2, 0.25) is 4.96 Å². The van der Waals surface area contributed by atoms with E-state index in [9.17, 15) is 9.18 Å². The zero-order chi connectivity index (χ0) is 14.8. The molecule has 2 heterocycles. The highest BCUT2D eigenvalue weighted by atomic mass is 32.1. The Labute approximate surface area is 123 Å². The fourth-order valence-corrected chi connectivity index (χ4v) is 2.61. The quantitative estimate of drug-likeness (QED) is 0.693. The Morgan fingerprint density at radius 3 is 2.95 bits per heavy atom. The van der Waals surface area contributed by atoms with E-state index in [-0.39, 0.29) is 11.6 Å². The number of ether oxygens (including phenoxy) is 1. The van der Waals surface area contributed by atoms with E-state index in [1.54, 1.807) is 18.2 Å². The lowest BCUT2D eigenvalue weighted by molar-refractivity contribution is 0.0487. The van der Waals surface area contributed by atoms with Crippen LogP contribution in [0.15, 0.2) is 24.3 Å². The van der Waals surface area contributed by atoms with Crippen LogP contribution in [-0.4, -0.2) is 32.4 Å². The molecule has 8 heteroatoms. The number of carbonyl (C=O) groups excluding carboxylic acids is 1. The fourth-order valence-electron chi connectivity index (χ4n) is 1.75. The molecule has 0 atom stereocenters. The van der Waals surface area contributed by atoms with Gasteiger partial charge in [0, 0.05) is 5.56 Å². The van der Waals surface area contributed by atoms with Crippen molar-refractivity contribution in [2.45, 2.75) is 13.3 Å². The molecular formula is C13H11FN4O2S. The number of esters is 1. The van der Waals surface area contributed by atoms with E-state index in [2.05, 4.69) is 15.3 Å². The summed E-state index contributed by atoms with van der Waals surface area (Å²) in [5.41, 5.74) is 0.362. The molecular weight excluding hydrogens is 295 g/mol. The largest absolute Gasteiger partial charge is 0.460 e. The molecule has 0 spiro atoms. The highest BCUT2D eigenvalue weighted by molar-refractivity contribution is 7.19. The Morgan fingerprint density at radius 1 is 1.38 bits per heavy atom. The van der Waals surface area contributed by atoms with E-state index < -0.39 is 5.97 Å². The lowest BCUT2D eigenvalue weighted by Gasteiger charge is -1.99. The molecule has 0 radical (unpaired) electrons. The van der Waals surface area contributed by atoms with Gasteiger partial charge in [0.25, 0.3) is 5.82 Å². The van der Waals surface area contributed by atoms with Gasteiger partial charge in [-0.25, -0.2) is 9.18 Å². The van der Waals surface area contributed by atoms with Crippen LogP contribution in [0, 0.1) is 5.82 Å². The van der Waals surface area contributed by atoms with E-state index in [0.29, 0.717) is 28.6 Å². The highest BCUT2D eigenvalue weighted by Crippen LogP contribution is 2.27. The van der Waals surface area contributed by atoms with Crippen LogP contribution in [0.5, 0.6) is 0 Å². The summed E-state index contributed by atoms with van der Waals surface area (Å²) in [7, 11) is 0. The first-order valence-electron chi connectivity index (χ1n) is 6.35. The van der Waals surface area contributed by atoms with Gasteiger partial charge in [0.1, 0.15) is 5.82 Å². The molecule has 0 saturated heterocycles. The molecule has 0 fully saturated rings. The van der Waals surface area contributed by atoms with Crippen molar-refractivity contribution < 1.29 is 13.9 Å². The van der Waals surface area contributed by atoms with Crippen LogP contribution < -0.4 is 0 Å².